The minimum atomic E-state index is -3.73. The Morgan fingerprint density at radius 1 is 0.969 bits per heavy atom. The molecular weight excluding hydrogens is 426 g/mol. The number of pyridine rings is 1. The summed E-state index contributed by atoms with van der Waals surface area (Å²) >= 11 is 0. The van der Waals surface area contributed by atoms with Gasteiger partial charge in [0.15, 0.2) is 0 Å². The zero-order valence-corrected chi connectivity index (χ0v) is 18.2. The molecule has 0 unspecified atom stereocenters. The smallest absolute Gasteiger partial charge is 0.307 e. The van der Waals surface area contributed by atoms with Crippen LogP contribution >= 0.6 is 0 Å². The molecule has 0 saturated heterocycles. The largest absolute Gasteiger partial charge is 0.481 e. The van der Waals surface area contributed by atoms with Gasteiger partial charge in [-0.3, -0.25) is 14.5 Å². The second-order valence-corrected chi connectivity index (χ2v) is 9.22. The van der Waals surface area contributed by atoms with Crippen molar-refractivity contribution in [2.75, 3.05) is 0 Å². The molecule has 4 rings (SSSR count). The van der Waals surface area contributed by atoms with E-state index in [1.54, 1.807) is 90.7 Å². The third-order valence-corrected chi connectivity index (χ3v) is 7.04. The fraction of sp³-hybridized carbons (Fsp3) is 0.125. The van der Waals surface area contributed by atoms with Gasteiger partial charge in [-0.2, -0.15) is 5.10 Å². The van der Waals surface area contributed by atoms with Crippen LogP contribution in [0.15, 0.2) is 88.9 Å². The highest BCUT2D eigenvalue weighted by Gasteiger charge is 2.24. The van der Waals surface area contributed by atoms with E-state index in [2.05, 4.69) is 10.1 Å². The molecule has 4 aromatic rings. The van der Waals surface area contributed by atoms with Crippen molar-refractivity contribution in [3.63, 3.8) is 0 Å². The maximum Gasteiger partial charge on any atom is 0.307 e. The first-order valence-corrected chi connectivity index (χ1v) is 11.4. The number of carbonyl (C=O) groups is 1. The Balaban J connectivity index is 1.84. The quantitative estimate of drug-likeness (QED) is 0.463. The number of aromatic nitrogens is 3. The van der Waals surface area contributed by atoms with Crippen molar-refractivity contribution in [2.24, 2.45) is 0 Å². The maximum atomic E-state index is 13.3. The lowest BCUT2D eigenvalue weighted by molar-refractivity contribution is -0.136. The Morgan fingerprint density at radius 3 is 2.31 bits per heavy atom. The highest BCUT2D eigenvalue weighted by atomic mass is 32.2. The average molecular weight is 448 g/mol. The summed E-state index contributed by atoms with van der Waals surface area (Å²) in [5.41, 5.74) is 3.14. The molecule has 0 atom stereocenters. The van der Waals surface area contributed by atoms with Crippen LogP contribution in [0.1, 0.15) is 16.8 Å². The first kappa shape index (κ1) is 21.5. The Bertz CT molecular complexity index is 1370. The van der Waals surface area contributed by atoms with Crippen molar-refractivity contribution in [3.8, 4) is 11.3 Å². The summed E-state index contributed by atoms with van der Waals surface area (Å²) in [6.07, 6.45) is 3.06. The van der Waals surface area contributed by atoms with E-state index in [1.807, 2.05) is 0 Å². The number of rotatable bonds is 7. The van der Waals surface area contributed by atoms with Gasteiger partial charge >= 0.3 is 5.97 Å². The monoisotopic (exact) mass is 447 g/mol. The molecule has 1 N–H and O–H groups in total. The van der Waals surface area contributed by atoms with Gasteiger partial charge in [-0.25, -0.2) is 8.42 Å². The molecule has 7 nitrogen and oxygen atoms in total. The third kappa shape index (κ3) is 4.17. The molecule has 8 heteroatoms. The first-order valence-electron chi connectivity index (χ1n) is 9.94. The van der Waals surface area contributed by atoms with Crippen LogP contribution in [0, 0.1) is 6.92 Å². The number of benzene rings is 2. The van der Waals surface area contributed by atoms with Gasteiger partial charge in [0.25, 0.3) is 0 Å². The van der Waals surface area contributed by atoms with E-state index >= 15 is 0 Å². The van der Waals surface area contributed by atoms with Gasteiger partial charge in [0.05, 0.1) is 34.1 Å². The van der Waals surface area contributed by atoms with Crippen LogP contribution in [-0.4, -0.2) is 34.3 Å². The van der Waals surface area contributed by atoms with Crippen LogP contribution in [0.5, 0.6) is 0 Å². The van der Waals surface area contributed by atoms with E-state index in [1.165, 1.54) is 0 Å². The van der Waals surface area contributed by atoms with Crippen LogP contribution in [0.3, 0.4) is 0 Å². The minimum absolute atomic E-state index is 0.167. The summed E-state index contributed by atoms with van der Waals surface area (Å²) in [5, 5.41) is 14.0. The molecule has 2 aromatic heterocycles. The van der Waals surface area contributed by atoms with Crippen LogP contribution in [0.25, 0.3) is 11.3 Å². The zero-order chi connectivity index (χ0) is 22.7. The number of hydrogen-bond acceptors (Lipinski definition) is 5. The second-order valence-electron chi connectivity index (χ2n) is 7.30. The van der Waals surface area contributed by atoms with E-state index in [0.717, 1.165) is 5.56 Å². The highest BCUT2D eigenvalue weighted by molar-refractivity contribution is 7.91. The van der Waals surface area contributed by atoms with E-state index < -0.39 is 15.8 Å². The number of carboxylic acids is 1. The van der Waals surface area contributed by atoms with Crippen molar-refractivity contribution in [2.45, 2.75) is 29.7 Å². The van der Waals surface area contributed by atoms with E-state index in [0.29, 0.717) is 22.5 Å². The Morgan fingerprint density at radius 2 is 1.62 bits per heavy atom. The average Bonchev–Trinajstić information content (AvgIpc) is 3.09. The number of aliphatic carboxylic acids is 1. The molecule has 162 valence electrons. The summed E-state index contributed by atoms with van der Waals surface area (Å²) in [6.45, 7) is 1.92. The topological polar surface area (TPSA) is 102 Å². The second kappa shape index (κ2) is 8.76. The Kier molecular flexibility index (Phi) is 5.87. The van der Waals surface area contributed by atoms with Gasteiger partial charge in [-0.05, 0) is 42.8 Å². The number of sulfone groups is 1. The van der Waals surface area contributed by atoms with Gasteiger partial charge in [0.2, 0.25) is 9.84 Å². The fourth-order valence-electron chi connectivity index (χ4n) is 3.71. The lowest BCUT2D eigenvalue weighted by Gasteiger charge is -2.13. The van der Waals surface area contributed by atoms with Crippen molar-refractivity contribution < 1.29 is 18.3 Å². The van der Waals surface area contributed by atoms with Gasteiger partial charge in [0.1, 0.15) is 0 Å². The summed E-state index contributed by atoms with van der Waals surface area (Å²) in [6, 6.07) is 18.6. The molecule has 0 aliphatic heterocycles. The molecule has 0 amide bonds. The van der Waals surface area contributed by atoms with Crippen LogP contribution in [0.4, 0.5) is 0 Å². The molecular formula is C24H21N3O4S. The summed E-state index contributed by atoms with van der Waals surface area (Å²) in [4.78, 5) is 15.9. The van der Waals surface area contributed by atoms with Crippen molar-refractivity contribution in [1.29, 1.82) is 0 Å². The molecule has 0 aliphatic carbocycles. The van der Waals surface area contributed by atoms with Crippen molar-refractivity contribution in [3.05, 3.63) is 95.9 Å². The van der Waals surface area contributed by atoms with E-state index in [9.17, 15) is 18.3 Å². The molecule has 0 spiro atoms. The molecule has 2 aromatic carbocycles. The summed E-state index contributed by atoms with van der Waals surface area (Å²) in [5.74, 6) is -0.963. The maximum absolute atomic E-state index is 13.3. The fourth-order valence-corrected chi connectivity index (χ4v) is 5.22. The van der Waals surface area contributed by atoms with E-state index in [4.69, 9.17) is 0 Å². The number of nitrogens with zero attached hydrogens (tertiary/aromatic N) is 3. The summed E-state index contributed by atoms with van der Waals surface area (Å²) in [7, 11) is -3.73. The number of carboxylic acid groups (broad SMARTS) is 1. The Labute approximate surface area is 185 Å². The lowest BCUT2D eigenvalue weighted by Crippen LogP contribution is -2.11. The normalized spacial score (nSPS) is 11.4. The van der Waals surface area contributed by atoms with Crippen LogP contribution < -0.4 is 0 Å². The molecule has 0 saturated carbocycles. The molecule has 2 heterocycles. The predicted molar refractivity (Wildman–Crippen MR) is 119 cm³/mol. The predicted octanol–water partition coefficient (Wildman–Crippen LogP) is 3.76. The Hall–Kier alpha value is -3.78. The summed E-state index contributed by atoms with van der Waals surface area (Å²) < 4.78 is 28.3. The zero-order valence-electron chi connectivity index (χ0n) is 17.3. The van der Waals surface area contributed by atoms with Gasteiger partial charge in [-0.15, -0.1) is 0 Å². The van der Waals surface area contributed by atoms with Gasteiger partial charge in [-0.1, -0.05) is 36.4 Å². The minimum Gasteiger partial charge on any atom is -0.481 e. The number of aryl methyl sites for hydroxylation is 1. The highest BCUT2D eigenvalue weighted by Crippen LogP contribution is 2.30. The standard InChI is InChI=1S/C24H21N3O4S/c1-17-21(15-23(28)29)24(18-11-13-25-14-12-18)27(26-17)16-19-7-5-6-10-22(19)32(30,31)20-8-3-2-4-9-20/h2-14H,15-16H2,1H3,(H,28,29). The van der Waals surface area contributed by atoms with Crippen LogP contribution in [0.2, 0.25) is 0 Å². The molecule has 0 radical (unpaired) electrons. The van der Waals surface area contributed by atoms with Gasteiger partial charge in [0, 0.05) is 23.5 Å². The van der Waals surface area contributed by atoms with Crippen LogP contribution in [-0.2, 0) is 27.6 Å². The molecule has 0 aliphatic rings. The molecule has 32 heavy (non-hydrogen) atoms. The molecule has 0 fully saturated rings. The number of hydrogen-bond donors (Lipinski definition) is 1. The first-order chi connectivity index (χ1) is 15.4. The van der Waals surface area contributed by atoms with Crippen molar-refractivity contribution in [1.82, 2.24) is 14.8 Å². The van der Waals surface area contributed by atoms with Crippen molar-refractivity contribution >= 4 is 15.8 Å². The molecule has 0 bridgehead atoms. The lowest BCUT2D eigenvalue weighted by atomic mass is 10.0. The van der Waals surface area contributed by atoms with Gasteiger partial charge < -0.3 is 5.11 Å². The SMILES string of the molecule is Cc1nn(Cc2ccccc2S(=O)(=O)c2ccccc2)c(-c2ccncc2)c1CC(=O)O. The van der Waals surface area contributed by atoms with E-state index in [-0.39, 0.29) is 22.8 Å². The third-order valence-electron chi connectivity index (χ3n) is 5.17.